The fraction of sp³-hybridized carbons (Fsp3) is 0.333. The van der Waals surface area contributed by atoms with Crippen molar-refractivity contribution in [3.05, 3.63) is 41.6 Å². The number of ether oxygens (including phenoxy) is 1. The van der Waals surface area contributed by atoms with Crippen LogP contribution in [0.3, 0.4) is 0 Å². The van der Waals surface area contributed by atoms with Crippen LogP contribution in [-0.4, -0.2) is 18.4 Å². The molecule has 1 aliphatic carbocycles. The minimum atomic E-state index is -2.89. The van der Waals surface area contributed by atoms with E-state index in [1.807, 2.05) is 6.08 Å². The lowest BCUT2D eigenvalue weighted by molar-refractivity contribution is -0.123. The van der Waals surface area contributed by atoms with Gasteiger partial charge in [0.15, 0.2) is 0 Å². The SMILES string of the molecule is O=C1NC2=CCCC(=O)[C@H]2[C@H](c2ccc(OC(F)F)cc2)N1. The van der Waals surface area contributed by atoms with E-state index >= 15 is 0 Å². The number of urea groups is 1. The van der Waals surface area contributed by atoms with Crippen LogP contribution in [0.4, 0.5) is 13.6 Å². The molecular formula is C15H14F2N2O3. The molecule has 0 bridgehead atoms. The minimum absolute atomic E-state index is 0.0322. The van der Waals surface area contributed by atoms with Crippen LogP contribution < -0.4 is 15.4 Å². The number of amides is 2. The molecule has 1 heterocycles. The number of allylic oxidation sites excluding steroid dienone is 1. The van der Waals surface area contributed by atoms with Crippen LogP contribution in [0.2, 0.25) is 0 Å². The topological polar surface area (TPSA) is 67.4 Å². The third-order valence-electron chi connectivity index (χ3n) is 3.78. The van der Waals surface area contributed by atoms with E-state index in [0.29, 0.717) is 24.1 Å². The number of halogens is 2. The van der Waals surface area contributed by atoms with E-state index in [0.717, 1.165) is 0 Å². The summed E-state index contributed by atoms with van der Waals surface area (Å²) < 4.78 is 28.6. The van der Waals surface area contributed by atoms with Gasteiger partial charge in [0.25, 0.3) is 0 Å². The number of nitrogens with one attached hydrogen (secondary N) is 2. The molecule has 1 aromatic carbocycles. The normalized spacial score (nSPS) is 24.2. The molecule has 1 aliphatic heterocycles. The first-order chi connectivity index (χ1) is 10.5. The van der Waals surface area contributed by atoms with Crippen LogP contribution in [-0.2, 0) is 4.79 Å². The molecule has 0 unspecified atom stereocenters. The Hall–Kier alpha value is -2.44. The summed E-state index contributed by atoms with van der Waals surface area (Å²) in [4.78, 5) is 23.9. The lowest BCUT2D eigenvalue weighted by Crippen LogP contribution is -2.51. The number of Topliss-reactive ketones (excluding diaryl/α,β-unsaturated/α-hetero) is 1. The Morgan fingerprint density at radius 1 is 1.18 bits per heavy atom. The molecule has 1 fully saturated rings. The van der Waals surface area contributed by atoms with E-state index in [1.54, 1.807) is 12.1 Å². The number of alkyl halides is 2. The molecule has 1 saturated heterocycles. The molecule has 2 amide bonds. The molecule has 7 heteroatoms. The molecule has 2 atom stereocenters. The summed E-state index contributed by atoms with van der Waals surface area (Å²) in [6.45, 7) is -2.89. The Morgan fingerprint density at radius 2 is 1.91 bits per heavy atom. The Bertz CT molecular complexity index is 628. The molecular weight excluding hydrogens is 294 g/mol. The van der Waals surface area contributed by atoms with Crippen LogP contribution in [0.1, 0.15) is 24.4 Å². The summed E-state index contributed by atoms with van der Waals surface area (Å²) in [6.07, 6.45) is 2.89. The van der Waals surface area contributed by atoms with Gasteiger partial charge < -0.3 is 15.4 Å². The Balaban J connectivity index is 1.88. The van der Waals surface area contributed by atoms with Crippen molar-refractivity contribution >= 4 is 11.8 Å². The maximum absolute atomic E-state index is 12.2. The van der Waals surface area contributed by atoms with Crippen LogP contribution in [0, 0.1) is 5.92 Å². The first-order valence-electron chi connectivity index (χ1n) is 6.89. The van der Waals surface area contributed by atoms with E-state index in [-0.39, 0.29) is 17.6 Å². The summed E-state index contributed by atoms with van der Waals surface area (Å²) in [5.41, 5.74) is 1.28. The molecule has 22 heavy (non-hydrogen) atoms. The first kappa shape index (κ1) is 14.5. The first-order valence-corrected chi connectivity index (χ1v) is 6.89. The third kappa shape index (κ3) is 2.79. The number of carbonyl (C=O) groups excluding carboxylic acids is 2. The maximum atomic E-state index is 12.2. The Labute approximate surface area is 125 Å². The van der Waals surface area contributed by atoms with E-state index in [4.69, 9.17) is 0 Å². The highest BCUT2D eigenvalue weighted by atomic mass is 19.3. The van der Waals surface area contributed by atoms with Gasteiger partial charge in [-0.15, -0.1) is 0 Å². The highest BCUT2D eigenvalue weighted by Crippen LogP contribution is 2.35. The molecule has 2 N–H and O–H groups in total. The van der Waals surface area contributed by atoms with Gasteiger partial charge in [0.1, 0.15) is 11.5 Å². The van der Waals surface area contributed by atoms with E-state index in [2.05, 4.69) is 15.4 Å². The highest BCUT2D eigenvalue weighted by molar-refractivity contribution is 5.90. The summed E-state index contributed by atoms with van der Waals surface area (Å²) >= 11 is 0. The van der Waals surface area contributed by atoms with Gasteiger partial charge in [-0.3, -0.25) is 4.79 Å². The van der Waals surface area contributed by atoms with Gasteiger partial charge in [0.2, 0.25) is 0 Å². The van der Waals surface area contributed by atoms with Crippen LogP contribution in [0.25, 0.3) is 0 Å². The molecule has 0 radical (unpaired) electrons. The van der Waals surface area contributed by atoms with Gasteiger partial charge in [0.05, 0.1) is 12.0 Å². The van der Waals surface area contributed by atoms with Crippen molar-refractivity contribution in [3.8, 4) is 5.75 Å². The quantitative estimate of drug-likeness (QED) is 0.901. The standard InChI is InChI=1S/C15H14F2N2O3/c16-14(17)22-9-6-4-8(5-7-9)13-12-10(18-15(21)19-13)2-1-3-11(12)20/h2,4-7,12-14H,1,3H2,(H2,18,19,21)/t12-,13-/m0/s1. The zero-order chi connectivity index (χ0) is 15.7. The zero-order valence-corrected chi connectivity index (χ0v) is 11.5. The smallest absolute Gasteiger partial charge is 0.387 e. The summed E-state index contributed by atoms with van der Waals surface area (Å²) in [7, 11) is 0. The Kier molecular flexibility index (Phi) is 3.79. The van der Waals surface area contributed by atoms with Crippen molar-refractivity contribution in [2.24, 2.45) is 5.92 Å². The highest BCUT2D eigenvalue weighted by Gasteiger charge is 2.39. The molecule has 2 aliphatic rings. The second-order valence-corrected chi connectivity index (χ2v) is 5.17. The second kappa shape index (κ2) is 5.75. The number of carbonyl (C=O) groups is 2. The lowest BCUT2D eigenvalue weighted by atomic mass is 9.80. The number of fused-ring (bicyclic) bond motifs is 1. The molecule has 0 aromatic heterocycles. The van der Waals surface area contributed by atoms with Crippen LogP contribution in [0.5, 0.6) is 5.75 Å². The number of hydrogen-bond acceptors (Lipinski definition) is 3. The molecule has 1 aromatic rings. The maximum Gasteiger partial charge on any atom is 0.387 e. The number of benzene rings is 1. The van der Waals surface area contributed by atoms with Gasteiger partial charge in [-0.25, -0.2) is 4.79 Å². The monoisotopic (exact) mass is 308 g/mol. The summed E-state index contributed by atoms with van der Waals surface area (Å²) in [5, 5.41) is 5.37. The molecule has 0 saturated carbocycles. The molecule has 3 rings (SSSR count). The largest absolute Gasteiger partial charge is 0.435 e. The van der Waals surface area contributed by atoms with Gasteiger partial charge in [-0.05, 0) is 24.1 Å². The molecule has 0 spiro atoms. The predicted molar refractivity (Wildman–Crippen MR) is 73.3 cm³/mol. The fourth-order valence-corrected chi connectivity index (χ4v) is 2.84. The van der Waals surface area contributed by atoms with Crippen molar-refractivity contribution < 1.29 is 23.1 Å². The number of ketones is 1. The van der Waals surface area contributed by atoms with Gasteiger partial charge in [-0.1, -0.05) is 18.2 Å². The average Bonchev–Trinajstić information content (AvgIpc) is 2.46. The van der Waals surface area contributed by atoms with Gasteiger partial charge in [0, 0.05) is 12.1 Å². The van der Waals surface area contributed by atoms with Crippen molar-refractivity contribution in [1.29, 1.82) is 0 Å². The van der Waals surface area contributed by atoms with Crippen molar-refractivity contribution in [2.75, 3.05) is 0 Å². The molecule has 116 valence electrons. The van der Waals surface area contributed by atoms with E-state index < -0.39 is 18.6 Å². The van der Waals surface area contributed by atoms with Crippen LogP contribution >= 0.6 is 0 Å². The zero-order valence-electron chi connectivity index (χ0n) is 11.5. The number of hydrogen-bond donors (Lipinski definition) is 2. The van der Waals surface area contributed by atoms with Crippen LogP contribution in [0.15, 0.2) is 36.0 Å². The van der Waals surface area contributed by atoms with Gasteiger partial charge in [-0.2, -0.15) is 8.78 Å². The predicted octanol–water partition coefficient (Wildman–Crippen LogP) is 2.50. The van der Waals surface area contributed by atoms with Crippen molar-refractivity contribution in [2.45, 2.75) is 25.5 Å². The van der Waals surface area contributed by atoms with Gasteiger partial charge >= 0.3 is 12.6 Å². The average molecular weight is 308 g/mol. The van der Waals surface area contributed by atoms with E-state index in [1.165, 1.54) is 12.1 Å². The third-order valence-corrected chi connectivity index (χ3v) is 3.78. The van der Waals surface area contributed by atoms with Crippen molar-refractivity contribution in [3.63, 3.8) is 0 Å². The summed E-state index contributed by atoms with van der Waals surface area (Å²) in [5.74, 6) is -0.388. The second-order valence-electron chi connectivity index (χ2n) is 5.17. The lowest BCUT2D eigenvalue weighted by Gasteiger charge is -2.36. The summed E-state index contributed by atoms with van der Waals surface area (Å²) in [6, 6.07) is 5.06. The minimum Gasteiger partial charge on any atom is -0.435 e. The Morgan fingerprint density at radius 3 is 2.59 bits per heavy atom. The fourth-order valence-electron chi connectivity index (χ4n) is 2.84. The van der Waals surface area contributed by atoms with E-state index in [9.17, 15) is 18.4 Å². The van der Waals surface area contributed by atoms with Crippen molar-refractivity contribution in [1.82, 2.24) is 10.6 Å². The number of rotatable bonds is 3. The molecule has 5 nitrogen and oxygen atoms in total.